The van der Waals surface area contributed by atoms with Crippen LogP contribution in [0.2, 0.25) is 0 Å². The number of nitrogen functional groups attached to an aromatic ring is 1. The maximum Gasteiger partial charge on any atom is 0.255 e. The van der Waals surface area contributed by atoms with Crippen LogP contribution < -0.4 is 11.1 Å². The van der Waals surface area contributed by atoms with Crippen molar-refractivity contribution in [3.63, 3.8) is 0 Å². The molecule has 1 heterocycles. The third kappa shape index (κ3) is 2.63. The summed E-state index contributed by atoms with van der Waals surface area (Å²) in [5, 5.41) is 2.59. The van der Waals surface area contributed by atoms with E-state index in [1.54, 1.807) is 31.3 Å². The average molecular weight is 245 g/mol. The second-order valence-electron chi connectivity index (χ2n) is 3.88. The van der Waals surface area contributed by atoms with E-state index < -0.39 is 5.82 Å². The Morgan fingerprint density at radius 2 is 2.11 bits per heavy atom. The van der Waals surface area contributed by atoms with E-state index in [2.05, 4.69) is 10.3 Å². The molecule has 1 aromatic heterocycles. The Morgan fingerprint density at radius 3 is 2.78 bits per heavy atom. The summed E-state index contributed by atoms with van der Waals surface area (Å²) in [4.78, 5) is 15.9. The number of rotatable bonds is 2. The molecule has 0 saturated heterocycles. The molecule has 0 aliphatic heterocycles. The summed E-state index contributed by atoms with van der Waals surface area (Å²) in [6.45, 7) is 1.79. The largest absolute Gasteiger partial charge is 0.396 e. The van der Waals surface area contributed by atoms with Crippen molar-refractivity contribution >= 4 is 17.3 Å². The number of amides is 1. The maximum absolute atomic E-state index is 13.2. The molecular formula is C13H12FN3O. The zero-order chi connectivity index (χ0) is 13.1. The van der Waals surface area contributed by atoms with Gasteiger partial charge in [-0.3, -0.25) is 9.78 Å². The van der Waals surface area contributed by atoms with Crippen LogP contribution in [0.3, 0.4) is 0 Å². The number of anilines is 2. The average Bonchev–Trinajstić information content (AvgIpc) is 2.34. The van der Waals surface area contributed by atoms with Crippen LogP contribution in [0.5, 0.6) is 0 Å². The minimum Gasteiger partial charge on any atom is -0.396 e. The molecule has 0 atom stereocenters. The number of benzene rings is 1. The second kappa shape index (κ2) is 4.83. The lowest BCUT2D eigenvalue weighted by atomic mass is 10.2. The molecule has 3 N–H and O–H groups in total. The van der Waals surface area contributed by atoms with E-state index in [-0.39, 0.29) is 11.6 Å². The van der Waals surface area contributed by atoms with Crippen LogP contribution in [0.1, 0.15) is 16.1 Å². The van der Waals surface area contributed by atoms with Gasteiger partial charge in [-0.25, -0.2) is 4.39 Å². The number of carbonyl (C=O) groups is 1. The SMILES string of the molecule is Cc1cc(C(=O)Nc2ccc(N)c(F)c2)ccn1. The van der Waals surface area contributed by atoms with Crippen molar-refractivity contribution in [1.82, 2.24) is 4.98 Å². The molecule has 0 unspecified atom stereocenters. The molecule has 1 aromatic carbocycles. The Bertz CT molecular complexity index is 599. The summed E-state index contributed by atoms with van der Waals surface area (Å²) >= 11 is 0. The van der Waals surface area contributed by atoms with E-state index in [0.717, 1.165) is 5.69 Å². The first-order valence-electron chi connectivity index (χ1n) is 5.35. The quantitative estimate of drug-likeness (QED) is 0.798. The third-order valence-electron chi connectivity index (χ3n) is 2.42. The molecule has 0 fully saturated rings. The highest BCUT2D eigenvalue weighted by molar-refractivity contribution is 6.04. The third-order valence-corrected chi connectivity index (χ3v) is 2.42. The van der Waals surface area contributed by atoms with E-state index in [9.17, 15) is 9.18 Å². The fraction of sp³-hybridized carbons (Fsp3) is 0.0769. The van der Waals surface area contributed by atoms with Crippen LogP contribution in [0.4, 0.5) is 15.8 Å². The molecule has 18 heavy (non-hydrogen) atoms. The summed E-state index contributed by atoms with van der Waals surface area (Å²) in [5.41, 5.74) is 6.98. The van der Waals surface area contributed by atoms with Crippen LogP contribution in [-0.2, 0) is 0 Å². The number of hydrogen-bond acceptors (Lipinski definition) is 3. The van der Waals surface area contributed by atoms with Crippen LogP contribution in [0.25, 0.3) is 0 Å². The number of nitrogens with one attached hydrogen (secondary N) is 1. The van der Waals surface area contributed by atoms with E-state index in [1.807, 2.05) is 0 Å². The van der Waals surface area contributed by atoms with Gasteiger partial charge in [-0.2, -0.15) is 0 Å². The molecule has 2 rings (SSSR count). The molecule has 1 amide bonds. The van der Waals surface area contributed by atoms with Crippen molar-refractivity contribution in [3.8, 4) is 0 Å². The predicted molar refractivity (Wildman–Crippen MR) is 67.7 cm³/mol. The Kier molecular flexibility index (Phi) is 3.23. The van der Waals surface area contributed by atoms with Crippen molar-refractivity contribution in [3.05, 3.63) is 53.6 Å². The Balaban J connectivity index is 2.18. The summed E-state index contributed by atoms with van der Waals surface area (Å²) in [7, 11) is 0. The molecule has 92 valence electrons. The summed E-state index contributed by atoms with van der Waals surface area (Å²) in [6.07, 6.45) is 1.55. The lowest BCUT2D eigenvalue weighted by Crippen LogP contribution is -2.12. The van der Waals surface area contributed by atoms with Gasteiger partial charge in [0.15, 0.2) is 0 Å². The number of hydrogen-bond donors (Lipinski definition) is 2. The van der Waals surface area contributed by atoms with Crippen LogP contribution >= 0.6 is 0 Å². The topological polar surface area (TPSA) is 68.0 Å². The zero-order valence-corrected chi connectivity index (χ0v) is 9.77. The summed E-state index contributed by atoms with van der Waals surface area (Å²) < 4.78 is 13.2. The van der Waals surface area contributed by atoms with Crippen LogP contribution in [0.15, 0.2) is 36.5 Å². The van der Waals surface area contributed by atoms with E-state index in [0.29, 0.717) is 11.3 Å². The van der Waals surface area contributed by atoms with Crippen molar-refractivity contribution in [2.45, 2.75) is 6.92 Å². The first-order chi connectivity index (χ1) is 8.56. The number of nitrogens with zero attached hydrogens (tertiary/aromatic N) is 1. The highest BCUT2D eigenvalue weighted by atomic mass is 19.1. The van der Waals surface area contributed by atoms with Gasteiger partial charge in [-0.15, -0.1) is 0 Å². The lowest BCUT2D eigenvalue weighted by molar-refractivity contribution is 0.102. The van der Waals surface area contributed by atoms with Gasteiger partial charge in [-0.05, 0) is 37.3 Å². The summed E-state index contributed by atoms with van der Waals surface area (Å²) in [5.74, 6) is -0.872. The monoisotopic (exact) mass is 245 g/mol. The van der Waals surface area contributed by atoms with Crippen LogP contribution in [-0.4, -0.2) is 10.9 Å². The first-order valence-corrected chi connectivity index (χ1v) is 5.35. The zero-order valence-electron chi connectivity index (χ0n) is 9.77. The smallest absolute Gasteiger partial charge is 0.255 e. The second-order valence-corrected chi connectivity index (χ2v) is 3.88. The molecule has 4 nitrogen and oxygen atoms in total. The first kappa shape index (κ1) is 12.0. The highest BCUT2D eigenvalue weighted by Gasteiger charge is 2.07. The fourth-order valence-corrected chi connectivity index (χ4v) is 1.49. The van der Waals surface area contributed by atoms with Gasteiger partial charge in [0.25, 0.3) is 5.91 Å². The van der Waals surface area contributed by atoms with E-state index in [1.165, 1.54) is 12.1 Å². The minimum absolute atomic E-state index is 0.0488. The standard InChI is InChI=1S/C13H12FN3O/c1-8-6-9(4-5-16-8)13(18)17-10-2-3-12(15)11(14)7-10/h2-7H,15H2,1H3,(H,17,18). The Labute approximate surface area is 104 Å². The summed E-state index contributed by atoms with van der Waals surface area (Å²) in [6, 6.07) is 7.38. The number of aromatic nitrogens is 1. The van der Waals surface area contributed by atoms with Gasteiger partial charge < -0.3 is 11.1 Å². The number of aryl methyl sites for hydroxylation is 1. The van der Waals surface area contributed by atoms with Gasteiger partial charge in [0.2, 0.25) is 0 Å². The molecule has 0 aliphatic rings. The molecule has 5 heteroatoms. The van der Waals surface area contributed by atoms with Gasteiger partial charge in [0, 0.05) is 23.1 Å². The number of pyridine rings is 1. The normalized spacial score (nSPS) is 10.1. The van der Waals surface area contributed by atoms with E-state index >= 15 is 0 Å². The molecule has 0 bridgehead atoms. The van der Waals surface area contributed by atoms with Gasteiger partial charge in [0.05, 0.1) is 5.69 Å². The van der Waals surface area contributed by atoms with Gasteiger partial charge >= 0.3 is 0 Å². The Hall–Kier alpha value is -2.43. The van der Waals surface area contributed by atoms with E-state index in [4.69, 9.17) is 5.73 Å². The van der Waals surface area contributed by atoms with Crippen molar-refractivity contribution < 1.29 is 9.18 Å². The highest BCUT2D eigenvalue weighted by Crippen LogP contribution is 2.16. The number of carbonyl (C=O) groups excluding carboxylic acids is 1. The van der Waals surface area contributed by atoms with Crippen molar-refractivity contribution in [2.75, 3.05) is 11.1 Å². The number of halogens is 1. The van der Waals surface area contributed by atoms with Crippen LogP contribution in [0, 0.1) is 12.7 Å². The van der Waals surface area contributed by atoms with Crippen molar-refractivity contribution in [1.29, 1.82) is 0 Å². The molecule has 0 spiro atoms. The molecule has 2 aromatic rings. The number of nitrogens with two attached hydrogens (primary N) is 1. The predicted octanol–water partition coefficient (Wildman–Crippen LogP) is 2.36. The molecule has 0 radical (unpaired) electrons. The maximum atomic E-state index is 13.2. The minimum atomic E-state index is -0.557. The fourth-order valence-electron chi connectivity index (χ4n) is 1.49. The van der Waals surface area contributed by atoms with Gasteiger partial charge in [0.1, 0.15) is 5.82 Å². The molecule has 0 aliphatic carbocycles. The molecular weight excluding hydrogens is 233 g/mol. The Morgan fingerprint density at radius 1 is 1.33 bits per heavy atom. The molecule has 0 saturated carbocycles. The lowest BCUT2D eigenvalue weighted by Gasteiger charge is -2.06. The van der Waals surface area contributed by atoms with Crippen molar-refractivity contribution in [2.24, 2.45) is 0 Å². The van der Waals surface area contributed by atoms with Gasteiger partial charge in [-0.1, -0.05) is 0 Å².